The Morgan fingerprint density at radius 2 is 0.846 bits per heavy atom. The zero-order chi connectivity index (χ0) is 8.81. The minimum Gasteiger partial charge on any atom is -0.852 e. The summed E-state index contributed by atoms with van der Waals surface area (Å²) in [7, 11) is 0. The molecule has 0 bridgehead atoms. The molecule has 2 nitrogen and oxygen atoms in total. The van der Waals surface area contributed by atoms with E-state index in [0.717, 1.165) is 25.7 Å². The molecule has 3 heteroatoms. The van der Waals surface area contributed by atoms with Crippen LogP contribution in [0.2, 0.25) is 0 Å². The van der Waals surface area contributed by atoms with Crippen LogP contribution in [-0.4, -0.2) is 49.9 Å². The second-order valence-corrected chi connectivity index (χ2v) is 3.81. The van der Waals surface area contributed by atoms with E-state index in [9.17, 15) is 10.2 Å². The molecule has 72 valence electrons. The zero-order valence-electron chi connectivity index (χ0n) is 8.34. The van der Waals surface area contributed by atoms with Crippen LogP contribution >= 0.6 is 0 Å². The van der Waals surface area contributed by atoms with Crippen LogP contribution in [0, 0.1) is 0 Å². The molecule has 0 aliphatic heterocycles. The second-order valence-electron chi connectivity index (χ2n) is 3.81. The van der Waals surface area contributed by atoms with E-state index in [0.29, 0.717) is 0 Å². The summed E-state index contributed by atoms with van der Waals surface area (Å²) in [4.78, 5) is 0. The van der Waals surface area contributed by atoms with Crippen LogP contribution in [0.4, 0.5) is 0 Å². The average molecular weight is 210 g/mol. The van der Waals surface area contributed by atoms with Gasteiger partial charge in [0.1, 0.15) is 0 Å². The summed E-state index contributed by atoms with van der Waals surface area (Å²) >= 11 is 0. The topological polar surface area (TPSA) is 46.1 Å². The molecule has 0 unspecified atom stereocenters. The van der Waals surface area contributed by atoms with Crippen molar-refractivity contribution in [3.8, 4) is 0 Å². The molecule has 0 aromatic rings. The summed E-state index contributed by atoms with van der Waals surface area (Å²) in [6.07, 6.45) is 8.01. The standard InChI is InChI=1S/2C5H9O.Ca/c2*6-5-3-1-2-4-5;/h2*5H,1-4H2;/q2*-1;+2. The molecule has 0 aromatic carbocycles. The third-order valence-corrected chi connectivity index (χ3v) is 2.60. The van der Waals surface area contributed by atoms with Crippen molar-refractivity contribution in [1.82, 2.24) is 0 Å². The van der Waals surface area contributed by atoms with Crippen molar-refractivity contribution < 1.29 is 10.2 Å². The number of hydrogen-bond acceptors (Lipinski definition) is 2. The molecule has 0 spiro atoms. The van der Waals surface area contributed by atoms with Gasteiger partial charge in [0.2, 0.25) is 0 Å². The normalized spacial score (nSPS) is 23.5. The van der Waals surface area contributed by atoms with Crippen LogP contribution in [0.1, 0.15) is 51.4 Å². The maximum absolute atomic E-state index is 10.3. The van der Waals surface area contributed by atoms with E-state index in [4.69, 9.17) is 0 Å². The smallest absolute Gasteiger partial charge is 0.852 e. The number of hydrogen-bond donors (Lipinski definition) is 0. The Hall–Kier alpha value is 1.18. The van der Waals surface area contributed by atoms with Gasteiger partial charge in [-0.3, -0.25) is 0 Å². The van der Waals surface area contributed by atoms with Gasteiger partial charge in [-0.2, -0.15) is 0 Å². The molecule has 2 rings (SSSR count). The van der Waals surface area contributed by atoms with Crippen molar-refractivity contribution >= 4 is 37.7 Å². The second kappa shape index (κ2) is 8.49. The SMILES string of the molecule is [Ca+2].[O-]C1CCCC1.[O-]C1CCCC1. The first kappa shape index (κ1) is 14.2. The Balaban J connectivity index is 0.000000206. The largest absolute Gasteiger partial charge is 2.00 e. The molecule has 2 aliphatic rings. The van der Waals surface area contributed by atoms with Gasteiger partial charge >= 0.3 is 37.7 Å². The van der Waals surface area contributed by atoms with Gasteiger partial charge in [-0.1, -0.05) is 51.4 Å². The molecule has 2 fully saturated rings. The minimum absolute atomic E-state index is 0. The van der Waals surface area contributed by atoms with Crippen LogP contribution in [-0.2, 0) is 0 Å². The van der Waals surface area contributed by atoms with E-state index >= 15 is 0 Å². The third-order valence-electron chi connectivity index (χ3n) is 2.60. The summed E-state index contributed by atoms with van der Waals surface area (Å²) in [6.45, 7) is 0. The van der Waals surface area contributed by atoms with Crippen molar-refractivity contribution in [2.24, 2.45) is 0 Å². The Bertz CT molecular complexity index is 93.5. The molecule has 2 saturated carbocycles. The van der Waals surface area contributed by atoms with Crippen molar-refractivity contribution in [2.45, 2.75) is 63.6 Å². The van der Waals surface area contributed by atoms with E-state index in [-0.39, 0.29) is 49.9 Å². The summed E-state index contributed by atoms with van der Waals surface area (Å²) < 4.78 is 0. The fourth-order valence-electron chi connectivity index (χ4n) is 1.78. The fourth-order valence-corrected chi connectivity index (χ4v) is 1.78. The fraction of sp³-hybridized carbons (Fsp3) is 1.00. The maximum atomic E-state index is 10.3. The van der Waals surface area contributed by atoms with E-state index < -0.39 is 0 Å². The first-order valence-electron chi connectivity index (χ1n) is 5.10. The van der Waals surface area contributed by atoms with Gasteiger partial charge in [0.25, 0.3) is 0 Å². The first-order valence-corrected chi connectivity index (χ1v) is 5.10. The van der Waals surface area contributed by atoms with Crippen LogP contribution in [0.3, 0.4) is 0 Å². The van der Waals surface area contributed by atoms with Gasteiger partial charge in [-0.05, 0) is 0 Å². The summed E-state index contributed by atoms with van der Waals surface area (Å²) in [6, 6.07) is 0. The number of rotatable bonds is 0. The van der Waals surface area contributed by atoms with Gasteiger partial charge in [-0.25, -0.2) is 0 Å². The molecule has 2 aliphatic carbocycles. The minimum atomic E-state index is -0.204. The van der Waals surface area contributed by atoms with Gasteiger partial charge < -0.3 is 10.2 Å². The van der Waals surface area contributed by atoms with Gasteiger partial charge in [0.15, 0.2) is 0 Å². The molecule has 0 radical (unpaired) electrons. The van der Waals surface area contributed by atoms with E-state index in [1.165, 1.54) is 25.7 Å². The van der Waals surface area contributed by atoms with E-state index in [2.05, 4.69) is 0 Å². The van der Waals surface area contributed by atoms with Crippen LogP contribution in [0.5, 0.6) is 0 Å². The van der Waals surface area contributed by atoms with Crippen molar-refractivity contribution in [3.05, 3.63) is 0 Å². The molecule has 0 aromatic heterocycles. The Morgan fingerprint density at radius 3 is 0.923 bits per heavy atom. The van der Waals surface area contributed by atoms with Gasteiger partial charge in [-0.15, -0.1) is 12.2 Å². The summed E-state index contributed by atoms with van der Waals surface area (Å²) in [5, 5.41) is 20.7. The van der Waals surface area contributed by atoms with E-state index in [1.54, 1.807) is 0 Å². The molecule has 0 atom stereocenters. The quantitative estimate of drug-likeness (QED) is 0.536. The van der Waals surface area contributed by atoms with E-state index in [1.807, 2.05) is 0 Å². The van der Waals surface area contributed by atoms with Crippen LogP contribution in [0.25, 0.3) is 0 Å². The van der Waals surface area contributed by atoms with Crippen LogP contribution in [0.15, 0.2) is 0 Å². The predicted octanol–water partition coefficient (Wildman–Crippen LogP) is 0.198. The van der Waals surface area contributed by atoms with Gasteiger partial charge in [0.05, 0.1) is 0 Å². The summed E-state index contributed by atoms with van der Waals surface area (Å²) in [5.41, 5.74) is 0. The predicted molar refractivity (Wildman–Crippen MR) is 50.3 cm³/mol. The average Bonchev–Trinajstić information content (AvgIpc) is 2.63. The zero-order valence-corrected chi connectivity index (χ0v) is 10.5. The van der Waals surface area contributed by atoms with Crippen molar-refractivity contribution in [2.75, 3.05) is 0 Å². The van der Waals surface area contributed by atoms with Crippen molar-refractivity contribution in [1.29, 1.82) is 0 Å². The Labute approximate surface area is 111 Å². The Morgan fingerprint density at radius 1 is 0.615 bits per heavy atom. The molecular weight excluding hydrogens is 192 g/mol. The molecule has 0 N–H and O–H groups in total. The molecule has 0 saturated heterocycles. The maximum Gasteiger partial charge on any atom is 2.00 e. The monoisotopic (exact) mass is 210 g/mol. The summed E-state index contributed by atoms with van der Waals surface area (Å²) in [5.74, 6) is 0. The molecule has 0 heterocycles. The molecule has 13 heavy (non-hydrogen) atoms. The molecule has 0 amide bonds. The van der Waals surface area contributed by atoms with Gasteiger partial charge in [0, 0.05) is 0 Å². The van der Waals surface area contributed by atoms with Crippen molar-refractivity contribution in [3.63, 3.8) is 0 Å². The van der Waals surface area contributed by atoms with Crippen LogP contribution < -0.4 is 10.2 Å². The molecular formula is C10H18CaO2. The first-order chi connectivity index (χ1) is 5.79. The third kappa shape index (κ3) is 7.15. The Kier molecular flexibility index (Phi) is 9.26.